The first-order valence-corrected chi connectivity index (χ1v) is 4.98. The van der Waals surface area contributed by atoms with Gasteiger partial charge >= 0.3 is 6.18 Å². The molecule has 0 radical (unpaired) electrons. The van der Waals surface area contributed by atoms with Crippen molar-refractivity contribution >= 4 is 11.6 Å². The van der Waals surface area contributed by atoms with E-state index in [0.717, 1.165) is 12.1 Å². The maximum absolute atomic E-state index is 12.6. The third-order valence-electron chi connectivity index (χ3n) is 2.15. The van der Waals surface area contributed by atoms with Crippen LogP contribution in [0.25, 0.3) is 0 Å². The molecular formula is C11H10F3N3O. The van der Waals surface area contributed by atoms with Crippen LogP contribution in [0, 0.1) is 11.3 Å². The summed E-state index contributed by atoms with van der Waals surface area (Å²) in [6, 6.07) is 4.74. The van der Waals surface area contributed by atoms with E-state index in [4.69, 9.17) is 11.0 Å². The topological polar surface area (TPSA) is 78.9 Å². The lowest BCUT2D eigenvalue weighted by atomic mass is 10.1. The van der Waals surface area contributed by atoms with E-state index in [-0.39, 0.29) is 18.7 Å². The van der Waals surface area contributed by atoms with Gasteiger partial charge < -0.3 is 11.1 Å². The van der Waals surface area contributed by atoms with Crippen LogP contribution in [0.3, 0.4) is 0 Å². The molecule has 0 bridgehead atoms. The zero-order chi connectivity index (χ0) is 13.8. The molecule has 0 unspecified atom stereocenters. The van der Waals surface area contributed by atoms with Gasteiger partial charge in [-0.25, -0.2) is 0 Å². The average molecular weight is 257 g/mol. The molecule has 0 saturated carbocycles. The van der Waals surface area contributed by atoms with Gasteiger partial charge in [-0.05, 0) is 18.2 Å². The number of amides is 1. The standard InChI is InChI=1S/C11H10F3N3O/c12-11(13,14)9-5-8(2-1-7(9)6-15)17-4-3-10(16)18/h1-2,5,17H,3-4H2,(H2,16,18). The summed E-state index contributed by atoms with van der Waals surface area (Å²) in [4.78, 5) is 10.5. The first-order chi connectivity index (χ1) is 8.34. The average Bonchev–Trinajstić information content (AvgIpc) is 2.27. The second-order valence-electron chi connectivity index (χ2n) is 3.51. The Balaban J connectivity index is 2.91. The Morgan fingerprint density at radius 3 is 2.61 bits per heavy atom. The van der Waals surface area contributed by atoms with Crippen molar-refractivity contribution in [3.63, 3.8) is 0 Å². The maximum atomic E-state index is 12.6. The summed E-state index contributed by atoms with van der Waals surface area (Å²) >= 11 is 0. The Labute approximate surface area is 101 Å². The van der Waals surface area contributed by atoms with Gasteiger partial charge in [0.1, 0.15) is 0 Å². The summed E-state index contributed by atoms with van der Waals surface area (Å²) in [7, 11) is 0. The van der Waals surface area contributed by atoms with Gasteiger partial charge in [0.05, 0.1) is 17.2 Å². The van der Waals surface area contributed by atoms with E-state index in [9.17, 15) is 18.0 Å². The molecule has 1 aromatic rings. The summed E-state index contributed by atoms with van der Waals surface area (Å²) in [5.74, 6) is -0.549. The normalized spacial score (nSPS) is 10.8. The molecular weight excluding hydrogens is 247 g/mol. The van der Waals surface area contributed by atoms with Gasteiger partial charge in [0.2, 0.25) is 5.91 Å². The second-order valence-corrected chi connectivity index (χ2v) is 3.51. The summed E-state index contributed by atoms with van der Waals surface area (Å²) in [6.45, 7) is 0.137. The molecule has 0 aliphatic heterocycles. The highest BCUT2D eigenvalue weighted by molar-refractivity contribution is 5.74. The van der Waals surface area contributed by atoms with E-state index >= 15 is 0 Å². The Morgan fingerprint density at radius 2 is 2.11 bits per heavy atom. The van der Waals surface area contributed by atoms with E-state index in [1.54, 1.807) is 0 Å². The molecule has 96 valence electrons. The lowest BCUT2D eigenvalue weighted by Crippen LogP contribution is -2.16. The zero-order valence-corrected chi connectivity index (χ0v) is 9.21. The number of nitriles is 1. The van der Waals surface area contributed by atoms with Crippen LogP contribution in [0.1, 0.15) is 17.5 Å². The molecule has 0 aliphatic rings. The first-order valence-electron chi connectivity index (χ1n) is 4.98. The van der Waals surface area contributed by atoms with Crippen molar-refractivity contribution in [1.82, 2.24) is 0 Å². The molecule has 18 heavy (non-hydrogen) atoms. The highest BCUT2D eigenvalue weighted by Crippen LogP contribution is 2.33. The minimum Gasteiger partial charge on any atom is -0.385 e. The summed E-state index contributed by atoms with van der Waals surface area (Å²) in [6.07, 6.45) is -4.58. The molecule has 0 aliphatic carbocycles. The van der Waals surface area contributed by atoms with E-state index in [2.05, 4.69) is 5.32 Å². The van der Waals surface area contributed by atoms with Crippen LogP contribution in [0.2, 0.25) is 0 Å². The molecule has 0 spiro atoms. The number of anilines is 1. The van der Waals surface area contributed by atoms with Gasteiger partial charge in [-0.1, -0.05) is 0 Å². The lowest BCUT2D eigenvalue weighted by Gasteiger charge is -2.11. The predicted octanol–water partition coefficient (Wildman–Crippen LogP) is 1.86. The van der Waals surface area contributed by atoms with Crippen LogP contribution < -0.4 is 11.1 Å². The molecule has 0 saturated heterocycles. The number of rotatable bonds is 4. The van der Waals surface area contributed by atoms with Crippen molar-refractivity contribution in [3.8, 4) is 6.07 Å². The van der Waals surface area contributed by atoms with Crippen molar-refractivity contribution in [1.29, 1.82) is 5.26 Å². The molecule has 4 nitrogen and oxygen atoms in total. The van der Waals surface area contributed by atoms with Crippen molar-refractivity contribution in [2.24, 2.45) is 5.73 Å². The number of primary amides is 1. The largest absolute Gasteiger partial charge is 0.417 e. The Kier molecular flexibility index (Phi) is 4.15. The van der Waals surface area contributed by atoms with Gasteiger partial charge in [-0.15, -0.1) is 0 Å². The molecule has 0 aromatic heterocycles. The molecule has 1 aromatic carbocycles. The van der Waals surface area contributed by atoms with Crippen LogP contribution in [-0.2, 0) is 11.0 Å². The third kappa shape index (κ3) is 3.66. The molecule has 0 fully saturated rings. The fraction of sp³-hybridized carbons (Fsp3) is 0.273. The van der Waals surface area contributed by atoms with Crippen molar-refractivity contribution in [2.45, 2.75) is 12.6 Å². The van der Waals surface area contributed by atoms with E-state index in [1.807, 2.05) is 0 Å². The Hall–Kier alpha value is -2.23. The number of carbonyl (C=O) groups is 1. The van der Waals surface area contributed by atoms with Gasteiger partial charge in [0.25, 0.3) is 0 Å². The molecule has 0 heterocycles. The second kappa shape index (κ2) is 5.40. The van der Waals surface area contributed by atoms with Gasteiger partial charge in [-0.3, -0.25) is 4.79 Å². The van der Waals surface area contributed by atoms with E-state index < -0.39 is 23.2 Å². The van der Waals surface area contributed by atoms with Gasteiger partial charge in [0, 0.05) is 18.7 Å². The Bertz CT molecular complexity index is 491. The fourth-order valence-corrected chi connectivity index (χ4v) is 1.32. The highest BCUT2D eigenvalue weighted by Gasteiger charge is 2.33. The number of alkyl halides is 3. The third-order valence-corrected chi connectivity index (χ3v) is 2.15. The number of hydrogen-bond donors (Lipinski definition) is 2. The lowest BCUT2D eigenvalue weighted by molar-refractivity contribution is -0.137. The smallest absolute Gasteiger partial charge is 0.385 e. The summed E-state index contributed by atoms with van der Waals surface area (Å²) in [5, 5.41) is 11.2. The van der Waals surface area contributed by atoms with Crippen LogP contribution in [0.15, 0.2) is 18.2 Å². The first kappa shape index (κ1) is 13.8. The van der Waals surface area contributed by atoms with Crippen LogP contribution in [0.4, 0.5) is 18.9 Å². The molecule has 1 amide bonds. The number of halogens is 3. The number of nitrogens with zero attached hydrogens (tertiary/aromatic N) is 1. The summed E-state index contributed by atoms with van der Waals surface area (Å²) < 4.78 is 37.8. The fourth-order valence-electron chi connectivity index (χ4n) is 1.32. The minimum atomic E-state index is -4.59. The zero-order valence-electron chi connectivity index (χ0n) is 9.21. The van der Waals surface area contributed by atoms with Crippen molar-refractivity contribution < 1.29 is 18.0 Å². The highest BCUT2D eigenvalue weighted by atomic mass is 19.4. The quantitative estimate of drug-likeness (QED) is 0.864. The predicted molar refractivity (Wildman–Crippen MR) is 58.5 cm³/mol. The number of carbonyl (C=O) groups excluding carboxylic acids is 1. The van der Waals surface area contributed by atoms with Gasteiger partial charge in [-0.2, -0.15) is 18.4 Å². The van der Waals surface area contributed by atoms with Gasteiger partial charge in [0.15, 0.2) is 0 Å². The van der Waals surface area contributed by atoms with Crippen LogP contribution in [-0.4, -0.2) is 12.5 Å². The molecule has 3 N–H and O–H groups in total. The number of nitrogens with two attached hydrogens (primary N) is 1. The number of hydrogen-bond acceptors (Lipinski definition) is 3. The minimum absolute atomic E-state index is 0.0152. The Morgan fingerprint density at radius 1 is 1.44 bits per heavy atom. The maximum Gasteiger partial charge on any atom is 0.417 e. The molecule has 1 rings (SSSR count). The monoisotopic (exact) mass is 257 g/mol. The van der Waals surface area contributed by atoms with Crippen molar-refractivity contribution in [3.05, 3.63) is 29.3 Å². The van der Waals surface area contributed by atoms with E-state index in [1.165, 1.54) is 12.1 Å². The van der Waals surface area contributed by atoms with E-state index in [0.29, 0.717) is 0 Å². The van der Waals surface area contributed by atoms with Crippen LogP contribution in [0.5, 0.6) is 0 Å². The number of nitrogens with one attached hydrogen (secondary N) is 1. The number of benzene rings is 1. The molecule has 7 heteroatoms. The van der Waals surface area contributed by atoms with Crippen molar-refractivity contribution in [2.75, 3.05) is 11.9 Å². The van der Waals surface area contributed by atoms with Crippen LogP contribution >= 0.6 is 0 Å². The SMILES string of the molecule is N#Cc1ccc(NCCC(N)=O)cc1C(F)(F)F. The summed E-state index contributed by atoms with van der Waals surface area (Å²) in [5.41, 5.74) is 3.64. The molecule has 0 atom stereocenters.